The van der Waals surface area contributed by atoms with Crippen LogP contribution in [0.25, 0.3) is 0 Å². The van der Waals surface area contributed by atoms with Crippen molar-refractivity contribution in [2.24, 2.45) is 0 Å². The second-order valence-electron chi connectivity index (χ2n) is 7.45. The van der Waals surface area contributed by atoms with Crippen LogP contribution in [0, 0.1) is 0 Å². The van der Waals surface area contributed by atoms with E-state index >= 15 is 0 Å². The van der Waals surface area contributed by atoms with Crippen molar-refractivity contribution >= 4 is 51.4 Å². The van der Waals surface area contributed by atoms with Crippen molar-refractivity contribution in [1.29, 1.82) is 0 Å². The highest BCUT2D eigenvalue weighted by molar-refractivity contribution is 7.14. The summed E-state index contributed by atoms with van der Waals surface area (Å²) in [6.45, 7) is 1.47. The van der Waals surface area contributed by atoms with E-state index in [1.807, 2.05) is 4.90 Å². The smallest absolute Gasteiger partial charge is 0.368 e. The highest BCUT2D eigenvalue weighted by Crippen LogP contribution is 2.32. The van der Waals surface area contributed by atoms with Crippen LogP contribution < -0.4 is 15.5 Å². The Balaban J connectivity index is 1.31. The van der Waals surface area contributed by atoms with E-state index in [0.717, 1.165) is 23.5 Å². The van der Waals surface area contributed by atoms with E-state index in [2.05, 4.69) is 15.6 Å². The summed E-state index contributed by atoms with van der Waals surface area (Å²) in [4.78, 5) is 32.6. The van der Waals surface area contributed by atoms with Crippen LogP contribution in [0.5, 0.6) is 0 Å². The minimum Gasteiger partial charge on any atom is -0.368 e. The Morgan fingerprint density at radius 3 is 2.38 bits per heavy atom. The third-order valence-corrected chi connectivity index (χ3v) is 6.16. The predicted octanol–water partition coefficient (Wildman–Crippen LogP) is 5.42. The molecule has 0 saturated carbocycles. The van der Waals surface area contributed by atoms with Crippen molar-refractivity contribution in [2.45, 2.75) is 6.18 Å². The molecule has 1 fully saturated rings. The predicted molar refractivity (Wildman–Crippen MR) is 126 cm³/mol. The van der Waals surface area contributed by atoms with Gasteiger partial charge in [-0.1, -0.05) is 17.7 Å². The van der Waals surface area contributed by atoms with Crippen LogP contribution in [0.2, 0.25) is 5.02 Å². The van der Waals surface area contributed by atoms with Gasteiger partial charge < -0.3 is 15.1 Å². The maximum atomic E-state index is 13.0. The molecule has 178 valence electrons. The molecule has 12 heteroatoms. The van der Waals surface area contributed by atoms with Gasteiger partial charge in [0, 0.05) is 48.0 Å². The minimum atomic E-state index is -4.41. The number of alkyl halides is 3. The number of aromatic nitrogens is 1. The van der Waals surface area contributed by atoms with E-state index in [1.54, 1.807) is 40.6 Å². The van der Waals surface area contributed by atoms with Gasteiger partial charge in [-0.15, -0.1) is 11.3 Å². The molecule has 4 rings (SSSR count). The zero-order chi connectivity index (χ0) is 24.3. The van der Waals surface area contributed by atoms with Crippen molar-refractivity contribution in [3.63, 3.8) is 0 Å². The Bertz CT molecular complexity index is 1180. The number of nitrogens with one attached hydrogen (secondary N) is 2. The molecule has 1 saturated heterocycles. The average molecular weight is 510 g/mol. The number of anilines is 3. The van der Waals surface area contributed by atoms with Crippen molar-refractivity contribution in [3.05, 3.63) is 70.2 Å². The maximum Gasteiger partial charge on any atom is 0.416 e. The summed E-state index contributed by atoms with van der Waals surface area (Å²) in [7, 11) is 0. The lowest BCUT2D eigenvalue weighted by Crippen LogP contribution is -2.49. The molecule has 0 bridgehead atoms. The summed E-state index contributed by atoms with van der Waals surface area (Å²) in [5.41, 5.74) is 0.507. The van der Waals surface area contributed by atoms with Crippen molar-refractivity contribution in [1.82, 2.24) is 9.88 Å². The molecule has 0 aliphatic carbocycles. The second-order valence-corrected chi connectivity index (χ2v) is 8.75. The Hall–Kier alpha value is -3.31. The summed E-state index contributed by atoms with van der Waals surface area (Å²) < 4.78 is 38.9. The second kappa shape index (κ2) is 9.90. The normalized spacial score (nSPS) is 14.1. The lowest BCUT2D eigenvalue weighted by molar-refractivity contribution is -0.137. The number of hydrogen-bond acceptors (Lipinski definition) is 5. The molecular weight excluding hydrogens is 491 g/mol. The van der Waals surface area contributed by atoms with Crippen LogP contribution >= 0.6 is 22.9 Å². The van der Waals surface area contributed by atoms with Gasteiger partial charge in [0.15, 0.2) is 5.13 Å². The molecule has 3 amide bonds. The Morgan fingerprint density at radius 2 is 1.71 bits per heavy atom. The molecule has 0 unspecified atom stereocenters. The standard InChI is InChI=1S/C22H19ClF3N5O2S/c23-15-4-6-16(7-5-15)27-20(33)29-21-28-18(13-34-21)19(32)31-10-8-30(9-11-31)17-3-1-2-14(12-17)22(24,25)26/h1-7,12-13H,8-11H2,(H2,27,28,29,33). The quantitative estimate of drug-likeness (QED) is 0.492. The molecule has 3 aromatic rings. The minimum absolute atomic E-state index is 0.194. The fourth-order valence-electron chi connectivity index (χ4n) is 3.43. The molecule has 0 spiro atoms. The first kappa shape index (κ1) is 23.8. The summed E-state index contributed by atoms with van der Waals surface area (Å²) in [5, 5.41) is 7.58. The van der Waals surface area contributed by atoms with E-state index in [9.17, 15) is 22.8 Å². The van der Waals surface area contributed by atoms with Gasteiger partial charge in [-0.2, -0.15) is 13.2 Å². The molecule has 1 aromatic heterocycles. The lowest BCUT2D eigenvalue weighted by Gasteiger charge is -2.36. The molecule has 2 N–H and O–H groups in total. The first-order valence-electron chi connectivity index (χ1n) is 10.2. The highest BCUT2D eigenvalue weighted by atomic mass is 35.5. The Morgan fingerprint density at radius 1 is 1.00 bits per heavy atom. The number of hydrogen-bond donors (Lipinski definition) is 2. The van der Waals surface area contributed by atoms with Crippen molar-refractivity contribution in [3.8, 4) is 0 Å². The van der Waals surface area contributed by atoms with Crippen LogP contribution in [0.3, 0.4) is 0 Å². The number of halogens is 4. The third kappa shape index (κ3) is 5.78. The van der Waals surface area contributed by atoms with E-state index in [1.165, 1.54) is 6.07 Å². The highest BCUT2D eigenvalue weighted by Gasteiger charge is 2.31. The Labute approximate surface area is 202 Å². The van der Waals surface area contributed by atoms with E-state index in [0.29, 0.717) is 42.6 Å². The van der Waals surface area contributed by atoms with Crippen LogP contribution in [-0.4, -0.2) is 48.0 Å². The van der Waals surface area contributed by atoms with Crippen LogP contribution in [0.15, 0.2) is 53.9 Å². The monoisotopic (exact) mass is 509 g/mol. The van der Waals surface area contributed by atoms with Crippen LogP contribution in [0.4, 0.5) is 34.5 Å². The van der Waals surface area contributed by atoms with Crippen molar-refractivity contribution < 1.29 is 22.8 Å². The molecule has 0 radical (unpaired) electrons. The number of urea groups is 1. The Kier molecular flexibility index (Phi) is 6.94. The molecule has 7 nitrogen and oxygen atoms in total. The largest absolute Gasteiger partial charge is 0.416 e. The van der Waals surface area contributed by atoms with E-state index in [4.69, 9.17) is 11.6 Å². The molecule has 2 aromatic carbocycles. The van der Waals surface area contributed by atoms with Gasteiger partial charge in [-0.05, 0) is 42.5 Å². The number of piperazine rings is 1. The topological polar surface area (TPSA) is 77.6 Å². The van der Waals surface area contributed by atoms with Gasteiger partial charge in [-0.25, -0.2) is 9.78 Å². The van der Waals surface area contributed by atoms with E-state index in [-0.39, 0.29) is 16.7 Å². The summed E-state index contributed by atoms with van der Waals surface area (Å²) in [6, 6.07) is 11.2. The zero-order valence-corrected chi connectivity index (χ0v) is 19.2. The van der Waals surface area contributed by atoms with Gasteiger partial charge in [0.1, 0.15) is 5.69 Å². The van der Waals surface area contributed by atoms with Crippen molar-refractivity contribution in [2.75, 3.05) is 41.7 Å². The van der Waals surface area contributed by atoms with Crippen LogP contribution in [-0.2, 0) is 6.18 Å². The van der Waals surface area contributed by atoms with Gasteiger partial charge in [0.05, 0.1) is 5.56 Å². The third-order valence-electron chi connectivity index (χ3n) is 5.15. The number of carbonyl (C=O) groups is 2. The number of rotatable bonds is 4. The fourth-order valence-corrected chi connectivity index (χ4v) is 4.24. The zero-order valence-electron chi connectivity index (χ0n) is 17.6. The lowest BCUT2D eigenvalue weighted by atomic mass is 10.1. The molecule has 1 aliphatic rings. The van der Waals surface area contributed by atoms with Gasteiger partial charge in [0.25, 0.3) is 5.91 Å². The van der Waals surface area contributed by atoms with Crippen LogP contribution in [0.1, 0.15) is 16.1 Å². The molecular formula is C22H19ClF3N5O2S. The number of carbonyl (C=O) groups excluding carboxylic acids is 2. The molecule has 0 atom stereocenters. The van der Waals surface area contributed by atoms with E-state index < -0.39 is 17.8 Å². The summed E-state index contributed by atoms with van der Waals surface area (Å²) >= 11 is 6.94. The number of nitrogens with zero attached hydrogens (tertiary/aromatic N) is 3. The van der Waals surface area contributed by atoms with Gasteiger partial charge in [0.2, 0.25) is 0 Å². The average Bonchev–Trinajstić information content (AvgIpc) is 3.28. The summed E-state index contributed by atoms with van der Waals surface area (Å²) in [5.74, 6) is -0.300. The first-order valence-corrected chi connectivity index (χ1v) is 11.5. The van der Waals surface area contributed by atoms with Gasteiger partial charge >= 0.3 is 12.2 Å². The maximum absolute atomic E-state index is 13.0. The molecule has 1 aliphatic heterocycles. The molecule has 34 heavy (non-hydrogen) atoms. The number of thiazole rings is 1. The number of benzene rings is 2. The fraction of sp³-hybridized carbons (Fsp3) is 0.227. The van der Waals surface area contributed by atoms with Gasteiger partial charge in [-0.3, -0.25) is 10.1 Å². The summed E-state index contributed by atoms with van der Waals surface area (Å²) in [6.07, 6.45) is -4.41. The first-order chi connectivity index (χ1) is 16.2. The SMILES string of the molecule is O=C(Nc1ccc(Cl)cc1)Nc1nc(C(=O)N2CCN(c3cccc(C(F)(F)F)c3)CC2)cs1. The number of amides is 3. The molecule has 2 heterocycles.